The maximum absolute atomic E-state index is 12.1. The molecular formula is C13H21N5O8. The third-order valence-electron chi connectivity index (χ3n) is 2.96. The number of carboxylic acid groups (broad SMARTS) is 2. The van der Waals surface area contributed by atoms with Gasteiger partial charge in [0.25, 0.3) is 0 Å². The molecule has 0 radical (unpaired) electrons. The molecule has 13 nitrogen and oxygen atoms in total. The fourth-order valence-corrected chi connectivity index (χ4v) is 1.70. The van der Waals surface area contributed by atoms with Crippen LogP contribution in [0.3, 0.4) is 0 Å². The molecule has 0 rings (SSSR count). The van der Waals surface area contributed by atoms with Gasteiger partial charge in [-0.05, 0) is 6.42 Å². The van der Waals surface area contributed by atoms with Crippen molar-refractivity contribution < 1.29 is 39.0 Å². The summed E-state index contributed by atoms with van der Waals surface area (Å²) in [7, 11) is 0. The molecule has 13 heteroatoms. The second-order valence-electron chi connectivity index (χ2n) is 5.10. The molecule has 0 spiro atoms. The number of carbonyl (C=O) groups is 6. The fraction of sp³-hybridized carbons (Fsp3) is 0.538. The number of aliphatic carboxylic acids is 2. The highest BCUT2D eigenvalue weighted by Gasteiger charge is 2.28. The van der Waals surface area contributed by atoms with Crippen LogP contribution in [0, 0.1) is 0 Å². The van der Waals surface area contributed by atoms with Crippen molar-refractivity contribution in [3.8, 4) is 0 Å². The SMILES string of the molecule is NCC(=O)NCC(=O)NC(CCC(N)=O)C(=O)NC(CC(=O)O)C(=O)O. The zero-order valence-electron chi connectivity index (χ0n) is 13.7. The Morgan fingerprint density at radius 3 is 2.00 bits per heavy atom. The van der Waals surface area contributed by atoms with Crippen LogP contribution in [-0.4, -0.2) is 71.0 Å². The highest BCUT2D eigenvalue weighted by Crippen LogP contribution is 2.01. The van der Waals surface area contributed by atoms with E-state index in [1.807, 2.05) is 5.32 Å². The van der Waals surface area contributed by atoms with Crippen LogP contribution in [0.5, 0.6) is 0 Å². The minimum atomic E-state index is -1.73. The van der Waals surface area contributed by atoms with Crippen molar-refractivity contribution in [2.45, 2.75) is 31.3 Å². The highest BCUT2D eigenvalue weighted by molar-refractivity contribution is 5.93. The number of nitrogens with one attached hydrogen (secondary N) is 3. The van der Waals surface area contributed by atoms with Crippen LogP contribution >= 0.6 is 0 Å². The van der Waals surface area contributed by atoms with Crippen molar-refractivity contribution in [2.24, 2.45) is 11.5 Å². The number of amides is 4. The van der Waals surface area contributed by atoms with E-state index in [1.54, 1.807) is 0 Å². The molecule has 0 aromatic rings. The molecule has 0 aliphatic rings. The van der Waals surface area contributed by atoms with Gasteiger partial charge in [-0.3, -0.25) is 24.0 Å². The lowest BCUT2D eigenvalue weighted by Crippen LogP contribution is -2.53. The molecule has 0 fully saturated rings. The number of primary amides is 1. The Morgan fingerprint density at radius 1 is 0.923 bits per heavy atom. The van der Waals surface area contributed by atoms with E-state index in [2.05, 4.69) is 10.6 Å². The molecule has 9 N–H and O–H groups in total. The Morgan fingerprint density at radius 2 is 1.54 bits per heavy atom. The summed E-state index contributed by atoms with van der Waals surface area (Å²) >= 11 is 0. The quantitative estimate of drug-likeness (QED) is 0.175. The standard InChI is InChI=1S/C13H21N5O8/c14-4-9(20)16-5-10(21)17-6(1-2-8(15)19)12(24)18-7(13(25)26)3-11(22)23/h6-7H,1-5,14H2,(H2,15,19)(H,16,20)(H,17,21)(H,18,24)(H,22,23)(H,25,26). The van der Waals surface area contributed by atoms with Crippen molar-refractivity contribution in [1.29, 1.82) is 0 Å². The summed E-state index contributed by atoms with van der Waals surface area (Å²) < 4.78 is 0. The van der Waals surface area contributed by atoms with Gasteiger partial charge in [0.15, 0.2) is 0 Å². The van der Waals surface area contributed by atoms with E-state index in [1.165, 1.54) is 0 Å². The van der Waals surface area contributed by atoms with E-state index in [-0.39, 0.29) is 19.4 Å². The van der Waals surface area contributed by atoms with Crippen molar-refractivity contribution in [1.82, 2.24) is 16.0 Å². The molecule has 26 heavy (non-hydrogen) atoms. The van der Waals surface area contributed by atoms with Crippen LogP contribution in [0.15, 0.2) is 0 Å². The largest absolute Gasteiger partial charge is 0.481 e. The Hall–Kier alpha value is -3.22. The molecule has 4 amide bonds. The van der Waals surface area contributed by atoms with Crippen molar-refractivity contribution in [3.63, 3.8) is 0 Å². The molecule has 0 aromatic carbocycles. The summed E-state index contributed by atoms with van der Waals surface area (Å²) in [6.07, 6.45) is -1.44. The van der Waals surface area contributed by atoms with Crippen LogP contribution in [0.4, 0.5) is 0 Å². The molecule has 0 saturated heterocycles. The Labute approximate surface area is 147 Å². The summed E-state index contributed by atoms with van der Waals surface area (Å²) in [5.41, 5.74) is 10.0. The molecule has 2 unspecified atom stereocenters. The minimum absolute atomic E-state index is 0.253. The molecule has 0 heterocycles. The third-order valence-corrected chi connectivity index (χ3v) is 2.96. The topological polar surface area (TPSA) is 231 Å². The zero-order valence-corrected chi connectivity index (χ0v) is 13.7. The fourth-order valence-electron chi connectivity index (χ4n) is 1.70. The normalized spacial score (nSPS) is 12.3. The van der Waals surface area contributed by atoms with Crippen molar-refractivity contribution in [3.05, 3.63) is 0 Å². The van der Waals surface area contributed by atoms with Gasteiger partial charge in [-0.2, -0.15) is 0 Å². The van der Waals surface area contributed by atoms with Gasteiger partial charge in [0.05, 0.1) is 19.5 Å². The predicted octanol–water partition coefficient (Wildman–Crippen LogP) is -4.14. The second kappa shape index (κ2) is 11.4. The van der Waals surface area contributed by atoms with Gasteiger partial charge in [0.1, 0.15) is 12.1 Å². The summed E-state index contributed by atoms with van der Waals surface area (Å²) in [6.45, 7) is -0.859. The van der Waals surface area contributed by atoms with Gasteiger partial charge in [-0.1, -0.05) is 0 Å². The Balaban J connectivity index is 4.97. The Kier molecular flexibility index (Phi) is 9.95. The van der Waals surface area contributed by atoms with Crippen LogP contribution in [-0.2, 0) is 28.8 Å². The molecule has 0 bridgehead atoms. The van der Waals surface area contributed by atoms with Gasteiger partial charge in [-0.15, -0.1) is 0 Å². The number of nitrogens with two attached hydrogens (primary N) is 2. The second-order valence-corrected chi connectivity index (χ2v) is 5.10. The van der Waals surface area contributed by atoms with E-state index in [4.69, 9.17) is 21.7 Å². The molecule has 0 aromatic heterocycles. The number of hydrogen-bond acceptors (Lipinski definition) is 7. The van der Waals surface area contributed by atoms with E-state index in [9.17, 15) is 28.8 Å². The first-order valence-corrected chi connectivity index (χ1v) is 7.36. The Bertz CT molecular complexity index is 579. The van der Waals surface area contributed by atoms with Gasteiger partial charge < -0.3 is 37.6 Å². The van der Waals surface area contributed by atoms with Gasteiger partial charge in [0, 0.05) is 6.42 Å². The van der Waals surface area contributed by atoms with Crippen LogP contribution in [0.25, 0.3) is 0 Å². The van der Waals surface area contributed by atoms with E-state index >= 15 is 0 Å². The molecule has 146 valence electrons. The molecule has 0 aliphatic heterocycles. The minimum Gasteiger partial charge on any atom is -0.481 e. The van der Waals surface area contributed by atoms with E-state index in [0.29, 0.717) is 0 Å². The molecule has 0 saturated carbocycles. The maximum atomic E-state index is 12.1. The molecule has 0 aliphatic carbocycles. The summed E-state index contributed by atoms with van der Waals surface area (Å²) in [5, 5.41) is 23.9. The van der Waals surface area contributed by atoms with Gasteiger partial charge in [-0.25, -0.2) is 4.79 Å². The number of carbonyl (C=O) groups excluding carboxylic acids is 4. The number of rotatable bonds is 12. The first-order valence-electron chi connectivity index (χ1n) is 7.36. The molecule has 2 atom stereocenters. The zero-order chi connectivity index (χ0) is 20.3. The van der Waals surface area contributed by atoms with Crippen molar-refractivity contribution >= 4 is 35.6 Å². The van der Waals surface area contributed by atoms with Crippen LogP contribution < -0.4 is 27.4 Å². The lowest BCUT2D eigenvalue weighted by molar-refractivity contribution is -0.147. The lowest BCUT2D eigenvalue weighted by atomic mass is 10.1. The van der Waals surface area contributed by atoms with Gasteiger partial charge in [0.2, 0.25) is 23.6 Å². The number of carboxylic acids is 2. The maximum Gasteiger partial charge on any atom is 0.326 e. The summed E-state index contributed by atoms with van der Waals surface area (Å²) in [6, 6.07) is -3.09. The molecular weight excluding hydrogens is 354 g/mol. The van der Waals surface area contributed by atoms with Crippen molar-refractivity contribution in [2.75, 3.05) is 13.1 Å². The van der Waals surface area contributed by atoms with E-state index in [0.717, 1.165) is 0 Å². The summed E-state index contributed by atoms with van der Waals surface area (Å²) in [5.74, 6) is -6.25. The first-order chi connectivity index (χ1) is 12.1. The summed E-state index contributed by atoms with van der Waals surface area (Å²) in [4.78, 5) is 67.4. The lowest BCUT2D eigenvalue weighted by Gasteiger charge is -2.20. The average molecular weight is 375 g/mol. The van der Waals surface area contributed by atoms with Crippen LogP contribution in [0.2, 0.25) is 0 Å². The average Bonchev–Trinajstić information content (AvgIpc) is 2.54. The van der Waals surface area contributed by atoms with E-state index < -0.39 is 60.6 Å². The van der Waals surface area contributed by atoms with Crippen LogP contribution in [0.1, 0.15) is 19.3 Å². The first kappa shape index (κ1) is 22.8. The smallest absolute Gasteiger partial charge is 0.326 e. The predicted molar refractivity (Wildman–Crippen MR) is 84.2 cm³/mol. The third kappa shape index (κ3) is 9.82. The highest BCUT2D eigenvalue weighted by atomic mass is 16.4. The monoisotopic (exact) mass is 375 g/mol. The van der Waals surface area contributed by atoms with Gasteiger partial charge >= 0.3 is 11.9 Å². The number of hydrogen-bond donors (Lipinski definition) is 7.